The molecule has 1 N–H and O–H groups in total. The Morgan fingerprint density at radius 1 is 0.931 bits per heavy atom. The molecule has 2 aromatic rings. The first kappa shape index (κ1) is 20.2. The summed E-state index contributed by atoms with van der Waals surface area (Å²) in [5.41, 5.74) is 2.85. The minimum Gasteiger partial charge on any atom is -0.378 e. The van der Waals surface area contributed by atoms with Crippen LogP contribution < -0.4 is 15.1 Å². The van der Waals surface area contributed by atoms with Gasteiger partial charge in [0.2, 0.25) is 0 Å². The molecule has 2 aliphatic heterocycles. The van der Waals surface area contributed by atoms with Crippen LogP contribution in [-0.4, -0.2) is 63.5 Å². The lowest BCUT2D eigenvalue weighted by molar-refractivity contribution is 0.102. The van der Waals surface area contributed by atoms with Crippen molar-refractivity contribution in [3.8, 4) is 0 Å². The molecule has 2 fully saturated rings. The second-order valence-corrected chi connectivity index (χ2v) is 7.61. The maximum atomic E-state index is 12.8. The number of carbonyl (C=O) groups excluding carboxylic acids is 1. The van der Waals surface area contributed by atoms with Gasteiger partial charge < -0.3 is 24.6 Å². The molecule has 7 nitrogen and oxygen atoms in total. The van der Waals surface area contributed by atoms with Crippen LogP contribution in [0.5, 0.6) is 0 Å². The lowest BCUT2D eigenvalue weighted by Crippen LogP contribution is -2.38. The van der Waals surface area contributed by atoms with E-state index in [0.29, 0.717) is 32.1 Å². The topological polar surface area (TPSA) is 66.9 Å². The standard InChI is InChI=1S/C20H22Cl2N4O3/c21-15-2-4-18(22)24-19(15)20(27)23-16-3-1-14(25-5-9-28-10-6-25)13-17(16)26-7-11-29-12-8-26/h1-4,13H,5-12H2,(H,23,27). The minimum atomic E-state index is -0.397. The number of nitrogens with zero attached hydrogens (tertiary/aromatic N) is 3. The molecule has 0 atom stereocenters. The van der Waals surface area contributed by atoms with Crippen molar-refractivity contribution in [2.24, 2.45) is 0 Å². The number of rotatable bonds is 4. The van der Waals surface area contributed by atoms with Crippen molar-refractivity contribution in [1.29, 1.82) is 0 Å². The van der Waals surface area contributed by atoms with Crippen LogP contribution in [0.3, 0.4) is 0 Å². The van der Waals surface area contributed by atoms with E-state index in [0.717, 1.165) is 37.6 Å². The fourth-order valence-electron chi connectivity index (χ4n) is 3.47. The zero-order valence-corrected chi connectivity index (χ0v) is 17.4. The Morgan fingerprint density at radius 3 is 2.28 bits per heavy atom. The lowest BCUT2D eigenvalue weighted by atomic mass is 10.1. The normalized spacial score (nSPS) is 17.3. The molecule has 2 aliphatic rings. The number of amides is 1. The highest BCUT2D eigenvalue weighted by atomic mass is 35.5. The molecule has 9 heteroatoms. The van der Waals surface area contributed by atoms with Gasteiger partial charge in [-0.1, -0.05) is 23.2 Å². The minimum absolute atomic E-state index is 0.101. The Morgan fingerprint density at radius 2 is 1.59 bits per heavy atom. The number of morpholine rings is 2. The van der Waals surface area contributed by atoms with Crippen LogP contribution in [0, 0.1) is 0 Å². The van der Waals surface area contributed by atoms with Crippen molar-refractivity contribution in [3.05, 3.63) is 46.2 Å². The van der Waals surface area contributed by atoms with Crippen LogP contribution in [0.15, 0.2) is 30.3 Å². The summed E-state index contributed by atoms with van der Waals surface area (Å²) in [5, 5.41) is 3.42. The maximum absolute atomic E-state index is 12.8. The molecule has 154 valence electrons. The quantitative estimate of drug-likeness (QED) is 0.741. The molecular formula is C20H22Cl2N4O3. The first-order valence-corrected chi connectivity index (χ1v) is 10.3. The first-order chi connectivity index (χ1) is 14.1. The van der Waals surface area contributed by atoms with Gasteiger partial charge in [0, 0.05) is 31.9 Å². The smallest absolute Gasteiger partial charge is 0.275 e. The van der Waals surface area contributed by atoms with Gasteiger partial charge in [-0.2, -0.15) is 0 Å². The van der Waals surface area contributed by atoms with Crippen molar-refractivity contribution >= 4 is 46.2 Å². The molecule has 0 saturated carbocycles. The summed E-state index contributed by atoms with van der Waals surface area (Å²) >= 11 is 12.1. The Bertz CT molecular complexity index is 884. The number of pyridine rings is 1. The average Bonchev–Trinajstić information content (AvgIpc) is 2.77. The summed E-state index contributed by atoms with van der Waals surface area (Å²) in [6, 6.07) is 9.16. The highest BCUT2D eigenvalue weighted by Crippen LogP contribution is 2.33. The van der Waals surface area contributed by atoms with Crippen molar-refractivity contribution in [2.45, 2.75) is 0 Å². The van der Waals surface area contributed by atoms with E-state index >= 15 is 0 Å². The molecule has 0 spiro atoms. The van der Waals surface area contributed by atoms with Gasteiger partial charge in [-0.25, -0.2) is 4.98 Å². The van der Waals surface area contributed by atoms with Gasteiger partial charge >= 0.3 is 0 Å². The van der Waals surface area contributed by atoms with Crippen molar-refractivity contribution < 1.29 is 14.3 Å². The van der Waals surface area contributed by atoms with Gasteiger partial charge in [-0.3, -0.25) is 4.79 Å². The van der Waals surface area contributed by atoms with E-state index in [1.54, 1.807) is 12.1 Å². The monoisotopic (exact) mass is 436 g/mol. The van der Waals surface area contributed by atoms with Gasteiger partial charge in [-0.15, -0.1) is 0 Å². The van der Waals surface area contributed by atoms with E-state index in [9.17, 15) is 4.79 Å². The summed E-state index contributed by atoms with van der Waals surface area (Å²) in [4.78, 5) is 21.4. The van der Waals surface area contributed by atoms with E-state index in [4.69, 9.17) is 32.7 Å². The van der Waals surface area contributed by atoms with Crippen molar-refractivity contribution in [2.75, 3.05) is 67.7 Å². The molecule has 3 heterocycles. The Kier molecular flexibility index (Phi) is 6.40. The number of aromatic nitrogens is 1. The van der Waals surface area contributed by atoms with Crippen molar-refractivity contribution in [1.82, 2.24) is 4.98 Å². The number of halogens is 2. The van der Waals surface area contributed by atoms with Crippen LogP contribution in [0.2, 0.25) is 10.2 Å². The average molecular weight is 437 g/mol. The summed E-state index contributed by atoms with van der Waals surface area (Å²) in [7, 11) is 0. The van der Waals surface area contributed by atoms with Crippen LogP contribution in [0.4, 0.5) is 17.1 Å². The summed E-state index contributed by atoms with van der Waals surface area (Å²) in [6.07, 6.45) is 0. The largest absolute Gasteiger partial charge is 0.378 e. The predicted octanol–water partition coefficient (Wildman–Crippen LogP) is 3.31. The maximum Gasteiger partial charge on any atom is 0.275 e. The third kappa shape index (κ3) is 4.75. The van der Waals surface area contributed by atoms with Gasteiger partial charge in [0.25, 0.3) is 5.91 Å². The van der Waals surface area contributed by atoms with E-state index in [2.05, 4.69) is 26.2 Å². The van der Waals surface area contributed by atoms with E-state index in [1.165, 1.54) is 0 Å². The lowest BCUT2D eigenvalue weighted by Gasteiger charge is -2.33. The molecule has 2 saturated heterocycles. The Balaban J connectivity index is 1.64. The van der Waals surface area contributed by atoms with Crippen LogP contribution in [0.25, 0.3) is 0 Å². The number of hydrogen-bond acceptors (Lipinski definition) is 6. The number of hydrogen-bond donors (Lipinski definition) is 1. The van der Waals surface area contributed by atoms with E-state index in [-0.39, 0.29) is 15.9 Å². The number of carbonyl (C=O) groups is 1. The molecule has 0 radical (unpaired) electrons. The zero-order valence-electron chi connectivity index (χ0n) is 15.9. The SMILES string of the molecule is O=C(Nc1ccc(N2CCOCC2)cc1N1CCOCC1)c1nc(Cl)ccc1Cl. The third-order valence-electron chi connectivity index (χ3n) is 4.98. The number of anilines is 3. The zero-order chi connectivity index (χ0) is 20.2. The molecule has 1 amide bonds. The molecule has 0 bridgehead atoms. The molecular weight excluding hydrogens is 415 g/mol. The fourth-order valence-corrected chi connectivity index (χ4v) is 3.81. The van der Waals surface area contributed by atoms with Gasteiger partial charge in [-0.05, 0) is 30.3 Å². The second kappa shape index (κ2) is 9.17. The Labute approximate surface area is 179 Å². The Hall–Kier alpha value is -2.06. The second-order valence-electron chi connectivity index (χ2n) is 6.82. The molecule has 0 unspecified atom stereocenters. The van der Waals surface area contributed by atoms with Crippen molar-refractivity contribution in [3.63, 3.8) is 0 Å². The summed E-state index contributed by atoms with van der Waals surface area (Å²) in [6.45, 7) is 5.92. The van der Waals surface area contributed by atoms with Crippen LogP contribution >= 0.6 is 23.2 Å². The van der Waals surface area contributed by atoms with Crippen LogP contribution in [0.1, 0.15) is 10.5 Å². The molecule has 29 heavy (non-hydrogen) atoms. The first-order valence-electron chi connectivity index (χ1n) is 9.54. The third-order valence-corrected chi connectivity index (χ3v) is 5.50. The fraction of sp³-hybridized carbons (Fsp3) is 0.400. The van der Waals surface area contributed by atoms with Gasteiger partial charge in [0.05, 0.1) is 42.8 Å². The number of ether oxygens (including phenoxy) is 2. The number of nitrogens with one attached hydrogen (secondary N) is 1. The van der Waals surface area contributed by atoms with Gasteiger partial charge in [0.15, 0.2) is 0 Å². The summed E-state index contributed by atoms with van der Waals surface area (Å²) in [5.74, 6) is -0.397. The van der Waals surface area contributed by atoms with E-state index < -0.39 is 5.91 Å². The molecule has 0 aliphatic carbocycles. The highest BCUT2D eigenvalue weighted by Gasteiger charge is 2.21. The summed E-state index contributed by atoms with van der Waals surface area (Å²) < 4.78 is 10.9. The number of benzene rings is 1. The van der Waals surface area contributed by atoms with Crippen LogP contribution in [-0.2, 0) is 9.47 Å². The highest BCUT2D eigenvalue weighted by molar-refractivity contribution is 6.35. The predicted molar refractivity (Wildman–Crippen MR) is 115 cm³/mol. The van der Waals surface area contributed by atoms with Gasteiger partial charge in [0.1, 0.15) is 10.8 Å². The molecule has 1 aromatic heterocycles. The molecule has 1 aromatic carbocycles. The van der Waals surface area contributed by atoms with E-state index in [1.807, 2.05) is 12.1 Å². The molecule has 4 rings (SSSR count).